The maximum Gasteiger partial charge on any atom is 0.166 e. The average molecular weight is 399 g/mol. The fourth-order valence-corrected chi connectivity index (χ4v) is 3.21. The Morgan fingerprint density at radius 3 is 2.50 bits per heavy atom. The summed E-state index contributed by atoms with van der Waals surface area (Å²) in [6.07, 6.45) is 1.93. The predicted octanol–water partition coefficient (Wildman–Crippen LogP) is 2.94. The van der Waals surface area contributed by atoms with Crippen molar-refractivity contribution in [1.29, 1.82) is 5.26 Å². The molecule has 0 unspecified atom stereocenters. The van der Waals surface area contributed by atoms with Crippen LogP contribution in [0.25, 0.3) is 10.9 Å². The van der Waals surface area contributed by atoms with Crippen molar-refractivity contribution < 1.29 is 0 Å². The number of aromatic nitrogens is 1. The third-order valence-corrected chi connectivity index (χ3v) is 4.69. The fraction of sp³-hybridized carbons (Fsp3) is 0.476. The second-order valence-electron chi connectivity index (χ2n) is 7.26. The standard InChI is InChI=1S/C21H30N6S/c1-15-11-16(2)18-13-17(14-22)20(26-19(18)12-15)23-7-5-8-24-21(28)25-9-6-10-27(3)4/h11-13H,5-10H2,1-4H3,(H,23,26)(H2,24,25,28). The Kier molecular flexibility index (Phi) is 8.42. The smallest absolute Gasteiger partial charge is 0.166 e. The van der Waals surface area contributed by atoms with Crippen LogP contribution in [-0.4, -0.2) is 55.3 Å². The largest absolute Gasteiger partial charge is 0.369 e. The first kappa shape index (κ1) is 21.9. The highest BCUT2D eigenvalue weighted by Gasteiger charge is 2.08. The molecule has 150 valence electrons. The van der Waals surface area contributed by atoms with Gasteiger partial charge in [-0.2, -0.15) is 5.26 Å². The van der Waals surface area contributed by atoms with E-state index in [1.54, 1.807) is 0 Å². The maximum atomic E-state index is 9.47. The Balaban J connectivity index is 1.80. The highest BCUT2D eigenvalue weighted by Crippen LogP contribution is 2.24. The number of hydrogen-bond acceptors (Lipinski definition) is 5. The van der Waals surface area contributed by atoms with Gasteiger partial charge >= 0.3 is 0 Å². The van der Waals surface area contributed by atoms with Crippen molar-refractivity contribution in [2.75, 3.05) is 45.6 Å². The molecule has 0 atom stereocenters. The minimum absolute atomic E-state index is 0.575. The summed E-state index contributed by atoms with van der Waals surface area (Å²) in [4.78, 5) is 6.82. The van der Waals surface area contributed by atoms with Gasteiger partial charge in [-0.1, -0.05) is 6.07 Å². The molecule has 0 bridgehead atoms. The zero-order valence-electron chi connectivity index (χ0n) is 17.2. The molecule has 0 amide bonds. The van der Waals surface area contributed by atoms with E-state index >= 15 is 0 Å². The van der Waals surface area contributed by atoms with Gasteiger partial charge in [0.05, 0.1) is 11.1 Å². The van der Waals surface area contributed by atoms with E-state index in [1.807, 2.05) is 13.0 Å². The Hall–Kier alpha value is -2.43. The first-order valence-corrected chi connectivity index (χ1v) is 10.0. The number of pyridine rings is 1. The number of nitrogens with zero attached hydrogens (tertiary/aromatic N) is 3. The number of thiocarbonyl (C=S) groups is 1. The van der Waals surface area contributed by atoms with Crippen LogP contribution in [0.5, 0.6) is 0 Å². The highest BCUT2D eigenvalue weighted by atomic mass is 32.1. The number of nitriles is 1. The van der Waals surface area contributed by atoms with Crippen molar-refractivity contribution in [2.24, 2.45) is 0 Å². The summed E-state index contributed by atoms with van der Waals surface area (Å²) < 4.78 is 0. The summed E-state index contributed by atoms with van der Waals surface area (Å²) in [6, 6.07) is 8.34. The third-order valence-electron chi connectivity index (χ3n) is 4.41. The van der Waals surface area contributed by atoms with Crippen molar-refractivity contribution >= 4 is 34.1 Å². The number of aryl methyl sites for hydroxylation is 2. The van der Waals surface area contributed by atoms with Gasteiger partial charge in [0.2, 0.25) is 0 Å². The molecule has 0 spiro atoms. The second kappa shape index (κ2) is 10.8. The molecule has 2 rings (SSSR count). The van der Waals surface area contributed by atoms with Crippen molar-refractivity contribution in [3.05, 3.63) is 34.9 Å². The zero-order chi connectivity index (χ0) is 20.5. The van der Waals surface area contributed by atoms with Crippen LogP contribution in [0.1, 0.15) is 29.5 Å². The molecule has 7 heteroatoms. The molecule has 0 radical (unpaired) electrons. The predicted molar refractivity (Wildman–Crippen MR) is 121 cm³/mol. The number of fused-ring (bicyclic) bond motifs is 1. The minimum atomic E-state index is 0.575. The normalized spacial score (nSPS) is 10.7. The fourth-order valence-electron chi connectivity index (χ4n) is 3.01. The number of rotatable bonds is 9. The van der Waals surface area contributed by atoms with Crippen molar-refractivity contribution in [3.8, 4) is 6.07 Å². The van der Waals surface area contributed by atoms with E-state index in [-0.39, 0.29) is 0 Å². The molecule has 0 saturated heterocycles. The van der Waals surface area contributed by atoms with Crippen LogP contribution in [-0.2, 0) is 0 Å². The Morgan fingerprint density at radius 1 is 1.11 bits per heavy atom. The number of nitrogens with one attached hydrogen (secondary N) is 3. The summed E-state index contributed by atoms with van der Waals surface area (Å²) in [5.74, 6) is 0.643. The van der Waals surface area contributed by atoms with Gasteiger partial charge in [-0.05, 0) is 82.8 Å². The second-order valence-corrected chi connectivity index (χ2v) is 7.67. The molecule has 2 aromatic rings. The molecular formula is C21H30N6S. The monoisotopic (exact) mass is 398 g/mol. The maximum absolute atomic E-state index is 9.47. The molecule has 3 N–H and O–H groups in total. The summed E-state index contributed by atoms with van der Waals surface area (Å²) in [7, 11) is 4.13. The average Bonchev–Trinajstić information content (AvgIpc) is 2.64. The molecule has 28 heavy (non-hydrogen) atoms. The van der Waals surface area contributed by atoms with Gasteiger partial charge in [0.1, 0.15) is 11.9 Å². The van der Waals surface area contributed by atoms with Crippen molar-refractivity contribution in [1.82, 2.24) is 20.5 Å². The number of anilines is 1. The molecule has 1 aromatic carbocycles. The van der Waals surface area contributed by atoms with Crippen LogP contribution in [0, 0.1) is 25.2 Å². The molecule has 0 aliphatic rings. The van der Waals surface area contributed by atoms with Gasteiger partial charge in [0, 0.05) is 25.0 Å². The van der Waals surface area contributed by atoms with E-state index in [0.29, 0.717) is 23.0 Å². The zero-order valence-corrected chi connectivity index (χ0v) is 18.0. The third kappa shape index (κ3) is 6.63. The van der Waals surface area contributed by atoms with Crippen LogP contribution >= 0.6 is 12.2 Å². The summed E-state index contributed by atoms with van der Waals surface area (Å²) in [6.45, 7) is 7.50. The van der Waals surface area contributed by atoms with Crippen molar-refractivity contribution in [3.63, 3.8) is 0 Å². The van der Waals surface area contributed by atoms with Crippen LogP contribution in [0.3, 0.4) is 0 Å². The van der Waals surface area contributed by atoms with Gasteiger partial charge in [0.15, 0.2) is 5.11 Å². The van der Waals surface area contributed by atoms with Crippen LogP contribution in [0.15, 0.2) is 18.2 Å². The molecule has 0 saturated carbocycles. The molecule has 0 aliphatic heterocycles. The van der Waals surface area contributed by atoms with Gasteiger partial charge in [-0.3, -0.25) is 0 Å². The lowest BCUT2D eigenvalue weighted by atomic mass is 10.0. The van der Waals surface area contributed by atoms with Gasteiger partial charge in [0.25, 0.3) is 0 Å². The molecule has 6 nitrogen and oxygen atoms in total. The number of hydrogen-bond donors (Lipinski definition) is 3. The first-order valence-electron chi connectivity index (χ1n) is 9.63. The van der Waals surface area contributed by atoms with Gasteiger partial charge < -0.3 is 20.9 Å². The summed E-state index contributed by atoms with van der Waals surface area (Å²) >= 11 is 5.28. The molecule has 0 aliphatic carbocycles. The first-order chi connectivity index (χ1) is 13.4. The summed E-state index contributed by atoms with van der Waals surface area (Å²) in [5, 5.41) is 20.9. The molecule has 0 fully saturated rings. The lowest BCUT2D eigenvalue weighted by molar-refractivity contribution is 0.400. The van der Waals surface area contributed by atoms with E-state index in [1.165, 1.54) is 5.56 Å². The Morgan fingerprint density at radius 2 is 1.82 bits per heavy atom. The van der Waals surface area contributed by atoms with Gasteiger partial charge in [-0.25, -0.2) is 4.98 Å². The van der Waals surface area contributed by atoms with E-state index in [2.05, 4.69) is 65.1 Å². The molecule has 1 aromatic heterocycles. The lowest BCUT2D eigenvalue weighted by Gasteiger charge is -2.13. The van der Waals surface area contributed by atoms with E-state index in [4.69, 9.17) is 12.2 Å². The SMILES string of the molecule is Cc1cc(C)c2cc(C#N)c(NCCCNC(=S)NCCCN(C)C)nc2c1. The van der Waals surface area contributed by atoms with E-state index in [9.17, 15) is 5.26 Å². The topological polar surface area (TPSA) is 76.0 Å². The Labute approximate surface area is 173 Å². The number of benzene rings is 1. The van der Waals surface area contributed by atoms with Crippen LogP contribution < -0.4 is 16.0 Å². The summed E-state index contributed by atoms with van der Waals surface area (Å²) in [5.41, 5.74) is 3.80. The van der Waals surface area contributed by atoms with Crippen LogP contribution in [0.4, 0.5) is 5.82 Å². The molecular weight excluding hydrogens is 368 g/mol. The minimum Gasteiger partial charge on any atom is -0.369 e. The van der Waals surface area contributed by atoms with E-state index in [0.717, 1.165) is 48.9 Å². The van der Waals surface area contributed by atoms with Crippen molar-refractivity contribution in [2.45, 2.75) is 26.7 Å². The lowest BCUT2D eigenvalue weighted by Crippen LogP contribution is -2.37. The van der Waals surface area contributed by atoms with Gasteiger partial charge in [-0.15, -0.1) is 0 Å². The quantitative estimate of drug-likeness (QED) is 0.443. The Bertz CT molecular complexity index is 856. The highest BCUT2D eigenvalue weighted by molar-refractivity contribution is 7.80. The van der Waals surface area contributed by atoms with Crippen LogP contribution in [0.2, 0.25) is 0 Å². The van der Waals surface area contributed by atoms with E-state index < -0.39 is 0 Å². The molecule has 1 heterocycles.